The van der Waals surface area contributed by atoms with E-state index in [0.29, 0.717) is 23.1 Å². The van der Waals surface area contributed by atoms with E-state index < -0.39 is 0 Å². The van der Waals surface area contributed by atoms with Crippen molar-refractivity contribution in [1.29, 1.82) is 0 Å². The number of pyridine rings is 2. The Labute approximate surface area is 115 Å². The minimum atomic E-state index is 0.317. The molecule has 0 saturated heterocycles. The molecule has 0 amide bonds. The molecule has 0 aliphatic carbocycles. The van der Waals surface area contributed by atoms with Crippen molar-refractivity contribution in [3.8, 4) is 23.0 Å². The summed E-state index contributed by atoms with van der Waals surface area (Å²) in [7, 11) is 0. The smallest absolute Gasteiger partial charge is 0.278 e. The van der Waals surface area contributed by atoms with Gasteiger partial charge in [0.25, 0.3) is 5.89 Å². The SMILES string of the molecule is CCc1cnccc1-c1noc(-c2ncccc2N)n1. The quantitative estimate of drug-likeness (QED) is 0.783. The third-order valence-electron chi connectivity index (χ3n) is 2.99. The lowest BCUT2D eigenvalue weighted by Crippen LogP contribution is -1.93. The van der Waals surface area contributed by atoms with Crippen molar-refractivity contribution in [3.05, 3.63) is 42.4 Å². The highest BCUT2D eigenvalue weighted by atomic mass is 16.5. The van der Waals surface area contributed by atoms with Crippen molar-refractivity contribution in [2.24, 2.45) is 0 Å². The van der Waals surface area contributed by atoms with Crippen LogP contribution >= 0.6 is 0 Å². The van der Waals surface area contributed by atoms with Gasteiger partial charge in [-0.05, 0) is 30.2 Å². The molecule has 0 bridgehead atoms. The van der Waals surface area contributed by atoms with E-state index >= 15 is 0 Å². The van der Waals surface area contributed by atoms with Crippen LogP contribution in [0.2, 0.25) is 0 Å². The van der Waals surface area contributed by atoms with Gasteiger partial charge in [0, 0.05) is 24.2 Å². The average Bonchev–Trinajstić information content (AvgIpc) is 2.97. The molecule has 3 heterocycles. The first kappa shape index (κ1) is 12.3. The summed E-state index contributed by atoms with van der Waals surface area (Å²) in [5.74, 6) is 0.835. The Kier molecular flexibility index (Phi) is 3.12. The summed E-state index contributed by atoms with van der Waals surface area (Å²) in [6, 6.07) is 5.37. The minimum absolute atomic E-state index is 0.317. The molecule has 0 fully saturated rings. The van der Waals surface area contributed by atoms with Crippen molar-refractivity contribution in [2.45, 2.75) is 13.3 Å². The van der Waals surface area contributed by atoms with E-state index in [1.165, 1.54) is 0 Å². The number of hydrogen-bond acceptors (Lipinski definition) is 6. The van der Waals surface area contributed by atoms with Gasteiger partial charge in [0.1, 0.15) is 0 Å². The van der Waals surface area contributed by atoms with Crippen molar-refractivity contribution in [1.82, 2.24) is 20.1 Å². The van der Waals surface area contributed by atoms with Crippen molar-refractivity contribution < 1.29 is 4.52 Å². The van der Waals surface area contributed by atoms with Gasteiger partial charge < -0.3 is 10.3 Å². The van der Waals surface area contributed by atoms with Crippen LogP contribution < -0.4 is 5.73 Å². The van der Waals surface area contributed by atoms with Gasteiger partial charge in [0.2, 0.25) is 5.82 Å². The first-order valence-electron chi connectivity index (χ1n) is 6.27. The predicted octanol–water partition coefficient (Wildman–Crippen LogP) is 2.34. The van der Waals surface area contributed by atoms with Crippen LogP contribution in [0, 0.1) is 0 Å². The second-order valence-electron chi connectivity index (χ2n) is 4.25. The maximum absolute atomic E-state index is 5.86. The van der Waals surface area contributed by atoms with Gasteiger partial charge in [-0.25, -0.2) is 4.98 Å². The minimum Gasteiger partial charge on any atom is -0.397 e. The van der Waals surface area contributed by atoms with E-state index in [9.17, 15) is 0 Å². The van der Waals surface area contributed by atoms with E-state index in [1.54, 1.807) is 30.7 Å². The maximum Gasteiger partial charge on any atom is 0.278 e. The molecule has 0 atom stereocenters. The van der Waals surface area contributed by atoms with Gasteiger partial charge in [-0.2, -0.15) is 4.98 Å². The standard InChI is InChI=1S/C14H13N5O/c1-2-9-8-16-7-5-10(9)13-18-14(20-19-13)12-11(15)4-3-6-17-12/h3-8H,2,15H2,1H3. The highest BCUT2D eigenvalue weighted by Crippen LogP contribution is 2.26. The van der Waals surface area contributed by atoms with Crippen LogP contribution in [-0.4, -0.2) is 20.1 Å². The van der Waals surface area contributed by atoms with Crippen LogP contribution in [0.3, 0.4) is 0 Å². The number of nitrogen functional groups attached to an aromatic ring is 1. The molecule has 3 rings (SSSR count). The third kappa shape index (κ3) is 2.11. The van der Waals surface area contributed by atoms with Gasteiger partial charge in [-0.15, -0.1) is 0 Å². The molecule has 0 aromatic carbocycles. The first-order valence-corrected chi connectivity index (χ1v) is 6.27. The van der Waals surface area contributed by atoms with E-state index in [1.807, 2.05) is 6.07 Å². The molecule has 3 aromatic rings. The van der Waals surface area contributed by atoms with E-state index in [2.05, 4.69) is 27.0 Å². The van der Waals surface area contributed by atoms with E-state index in [4.69, 9.17) is 10.3 Å². The highest BCUT2D eigenvalue weighted by Gasteiger charge is 2.15. The summed E-state index contributed by atoms with van der Waals surface area (Å²) in [5, 5.41) is 4.00. The van der Waals surface area contributed by atoms with Gasteiger partial charge in [-0.1, -0.05) is 12.1 Å². The van der Waals surface area contributed by atoms with E-state index in [-0.39, 0.29) is 0 Å². The largest absolute Gasteiger partial charge is 0.397 e. The summed E-state index contributed by atoms with van der Waals surface area (Å²) in [5.41, 5.74) is 8.84. The Hall–Kier alpha value is -2.76. The number of nitrogens with zero attached hydrogens (tertiary/aromatic N) is 4. The van der Waals surface area contributed by atoms with Crippen LogP contribution in [0.1, 0.15) is 12.5 Å². The molecule has 3 aromatic heterocycles. The van der Waals surface area contributed by atoms with Gasteiger partial charge in [0.05, 0.1) is 5.69 Å². The second-order valence-corrected chi connectivity index (χ2v) is 4.25. The normalized spacial score (nSPS) is 10.7. The fourth-order valence-corrected chi connectivity index (χ4v) is 1.95. The lowest BCUT2D eigenvalue weighted by atomic mass is 10.1. The molecule has 6 nitrogen and oxygen atoms in total. The van der Waals surface area contributed by atoms with Crippen molar-refractivity contribution in [2.75, 3.05) is 5.73 Å². The number of anilines is 1. The van der Waals surface area contributed by atoms with Crippen molar-refractivity contribution >= 4 is 5.69 Å². The monoisotopic (exact) mass is 267 g/mol. The topological polar surface area (TPSA) is 90.7 Å². The summed E-state index contributed by atoms with van der Waals surface area (Å²) >= 11 is 0. The number of aromatic nitrogens is 4. The lowest BCUT2D eigenvalue weighted by Gasteiger charge is -2.01. The molecule has 0 unspecified atom stereocenters. The summed E-state index contributed by atoms with van der Waals surface area (Å²) in [4.78, 5) is 12.6. The maximum atomic E-state index is 5.86. The fourth-order valence-electron chi connectivity index (χ4n) is 1.95. The second kappa shape index (κ2) is 5.08. The van der Waals surface area contributed by atoms with Gasteiger partial charge >= 0.3 is 0 Å². The molecule has 0 spiro atoms. The Morgan fingerprint density at radius 1 is 1.25 bits per heavy atom. The predicted molar refractivity (Wildman–Crippen MR) is 74.6 cm³/mol. The molecule has 0 aliphatic heterocycles. The number of rotatable bonds is 3. The Morgan fingerprint density at radius 3 is 2.95 bits per heavy atom. The van der Waals surface area contributed by atoms with E-state index in [0.717, 1.165) is 17.5 Å². The Bertz CT molecular complexity index is 738. The third-order valence-corrected chi connectivity index (χ3v) is 2.99. The summed E-state index contributed by atoms with van der Waals surface area (Å²) in [6.07, 6.45) is 6.00. The summed E-state index contributed by atoms with van der Waals surface area (Å²) in [6.45, 7) is 2.05. The van der Waals surface area contributed by atoms with Crippen LogP contribution in [0.5, 0.6) is 0 Å². The number of nitrogens with two attached hydrogens (primary N) is 1. The molecule has 100 valence electrons. The average molecular weight is 267 g/mol. The summed E-state index contributed by atoms with van der Waals surface area (Å²) < 4.78 is 5.26. The Balaban J connectivity index is 2.05. The Morgan fingerprint density at radius 2 is 2.15 bits per heavy atom. The highest BCUT2D eigenvalue weighted by molar-refractivity contribution is 5.67. The lowest BCUT2D eigenvalue weighted by molar-refractivity contribution is 0.431. The van der Waals surface area contributed by atoms with Crippen LogP contribution in [0.15, 0.2) is 41.3 Å². The van der Waals surface area contributed by atoms with Crippen molar-refractivity contribution in [3.63, 3.8) is 0 Å². The number of hydrogen-bond donors (Lipinski definition) is 1. The van der Waals surface area contributed by atoms with Crippen LogP contribution in [0.25, 0.3) is 23.0 Å². The molecule has 2 N–H and O–H groups in total. The molecular formula is C14H13N5O. The molecule has 20 heavy (non-hydrogen) atoms. The zero-order valence-electron chi connectivity index (χ0n) is 10.9. The molecule has 0 aliphatic rings. The fraction of sp³-hybridized carbons (Fsp3) is 0.143. The zero-order chi connectivity index (χ0) is 13.9. The molecule has 0 radical (unpaired) electrons. The molecule has 0 saturated carbocycles. The van der Waals surface area contributed by atoms with Crippen LogP contribution in [0.4, 0.5) is 5.69 Å². The van der Waals surface area contributed by atoms with Crippen LogP contribution in [-0.2, 0) is 6.42 Å². The first-order chi connectivity index (χ1) is 9.79. The van der Waals surface area contributed by atoms with Gasteiger partial charge in [0.15, 0.2) is 5.69 Å². The molecule has 6 heteroatoms. The molecular weight excluding hydrogens is 254 g/mol. The number of aryl methyl sites for hydroxylation is 1. The zero-order valence-corrected chi connectivity index (χ0v) is 10.9. The van der Waals surface area contributed by atoms with Gasteiger partial charge in [-0.3, -0.25) is 4.98 Å².